The number of thioether (sulfide) groups is 2. The maximum absolute atomic E-state index is 12.9. The quantitative estimate of drug-likeness (QED) is 0.237. The predicted octanol–water partition coefficient (Wildman–Crippen LogP) is -0.674. The highest BCUT2D eigenvalue weighted by molar-refractivity contribution is 8.01. The second-order valence-corrected chi connectivity index (χ2v) is 10.3. The van der Waals surface area contributed by atoms with Crippen LogP contribution in [0.5, 0.6) is 0 Å². The van der Waals surface area contributed by atoms with E-state index in [0.29, 0.717) is 10.7 Å². The molecule has 3 heterocycles. The first-order chi connectivity index (χ1) is 15.4. The number of hydrogen-bond donors (Lipinski definition) is 2. The number of methoxy groups -OCH3 is 1. The summed E-state index contributed by atoms with van der Waals surface area (Å²) in [6.45, 7) is 0. The fourth-order valence-corrected chi connectivity index (χ4v) is 6.43. The van der Waals surface area contributed by atoms with Crippen molar-refractivity contribution in [2.24, 2.45) is 7.05 Å². The summed E-state index contributed by atoms with van der Waals surface area (Å²) in [5, 5.41) is 22.3. The van der Waals surface area contributed by atoms with Gasteiger partial charge < -0.3 is 15.2 Å². The van der Waals surface area contributed by atoms with Gasteiger partial charge in [0.25, 0.3) is 11.6 Å². The van der Waals surface area contributed by atoms with Crippen molar-refractivity contribution in [3.8, 4) is 0 Å². The molecule has 1 fully saturated rings. The summed E-state index contributed by atoms with van der Waals surface area (Å²) in [4.78, 5) is 38.0. The molecule has 1 aromatic rings. The van der Waals surface area contributed by atoms with E-state index in [-0.39, 0.29) is 17.2 Å². The zero-order chi connectivity index (χ0) is 24.6. The lowest BCUT2D eigenvalue weighted by molar-refractivity contribution is -0.192. The Kier molecular flexibility index (Phi) is 7.39. The Labute approximate surface area is 195 Å². The van der Waals surface area contributed by atoms with Gasteiger partial charge in [0.05, 0.1) is 0 Å². The van der Waals surface area contributed by atoms with Crippen LogP contribution in [0.4, 0.5) is 13.2 Å². The first-order valence-corrected chi connectivity index (χ1v) is 12.5. The van der Waals surface area contributed by atoms with E-state index in [1.165, 1.54) is 16.4 Å². The van der Waals surface area contributed by atoms with Gasteiger partial charge in [-0.25, -0.2) is 9.48 Å². The van der Waals surface area contributed by atoms with Gasteiger partial charge >= 0.3 is 12.1 Å². The Morgan fingerprint density at radius 1 is 1.45 bits per heavy atom. The number of halogens is 3. The molecule has 3 atom stereocenters. The fourth-order valence-electron chi connectivity index (χ4n) is 3.17. The molecule has 2 aliphatic rings. The number of aromatic nitrogens is 4. The third-order valence-electron chi connectivity index (χ3n) is 4.53. The van der Waals surface area contributed by atoms with Crippen molar-refractivity contribution in [1.82, 2.24) is 30.4 Å². The first kappa shape index (κ1) is 25.4. The molecule has 0 radical (unpaired) electrons. The summed E-state index contributed by atoms with van der Waals surface area (Å²) in [7, 11) is 0.161. The van der Waals surface area contributed by atoms with Gasteiger partial charge in [0.1, 0.15) is 22.6 Å². The number of tetrazole rings is 1. The highest BCUT2D eigenvalue weighted by atomic mass is 32.2. The molecule has 182 valence electrons. The van der Waals surface area contributed by atoms with Gasteiger partial charge in [-0.15, -0.1) is 16.9 Å². The number of amides is 2. The second kappa shape index (κ2) is 9.59. The van der Waals surface area contributed by atoms with Gasteiger partial charge in [0.15, 0.2) is 0 Å². The smallest absolute Gasteiger partial charge is 0.400 e. The molecular formula is C15H17F3N6O6S3. The molecule has 3 rings (SSSR count). The van der Waals surface area contributed by atoms with Gasteiger partial charge in [0, 0.05) is 36.5 Å². The van der Waals surface area contributed by atoms with Crippen LogP contribution in [0.3, 0.4) is 0 Å². The normalized spacial score (nSPS) is 23.7. The summed E-state index contributed by atoms with van der Waals surface area (Å²) in [5.74, 6) is -5.71. The first-order valence-electron chi connectivity index (χ1n) is 8.93. The zero-order valence-electron chi connectivity index (χ0n) is 17.0. The number of aliphatic carboxylic acids is 1. The number of nitrogens with one attached hydrogen (secondary N) is 1. The number of rotatable bonds is 9. The van der Waals surface area contributed by atoms with Crippen LogP contribution in [-0.2, 0) is 37.0 Å². The number of carboxylic acids is 1. The van der Waals surface area contributed by atoms with E-state index in [4.69, 9.17) is 4.74 Å². The number of ether oxygens (including phenoxy) is 1. The van der Waals surface area contributed by atoms with Gasteiger partial charge in [-0.1, -0.05) is 11.8 Å². The lowest BCUT2D eigenvalue weighted by atomic mass is 9.98. The van der Waals surface area contributed by atoms with Crippen molar-refractivity contribution < 1.29 is 41.6 Å². The third-order valence-corrected chi connectivity index (χ3v) is 8.24. The third kappa shape index (κ3) is 5.17. The lowest BCUT2D eigenvalue weighted by Gasteiger charge is -2.55. The average molecular weight is 531 g/mol. The van der Waals surface area contributed by atoms with Gasteiger partial charge in [0.2, 0.25) is 11.1 Å². The minimum Gasteiger partial charge on any atom is -0.477 e. The van der Waals surface area contributed by atoms with Crippen LogP contribution in [0.15, 0.2) is 16.4 Å². The number of fused-ring (bicyclic) bond motifs is 1. The summed E-state index contributed by atoms with van der Waals surface area (Å²) >= 11 is 2.27. The Hall–Kier alpha value is -2.18. The summed E-state index contributed by atoms with van der Waals surface area (Å²) < 4.78 is 55.3. The molecule has 18 heteroatoms. The number of carbonyl (C=O) groups excluding carboxylic acids is 2. The van der Waals surface area contributed by atoms with E-state index in [0.717, 1.165) is 23.8 Å². The van der Waals surface area contributed by atoms with Crippen molar-refractivity contribution in [1.29, 1.82) is 0 Å². The van der Waals surface area contributed by atoms with E-state index in [1.807, 2.05) is 0 Å². The average Bonchev–Trinajstić information content (AvgIpc) is 3.12. The van der Waals surface area contributed by atoms with Crippen LogP contribution in [-0.4, -0.2) is 99.6 Å². The highest BCUT2D eigenvalue weighted by Gasteiger charge is 2.66. The number of nitrogens with zero attached hydrogens (tertiary/aromatic N) is 5. The van der Waals surface area contributed by atoms with Crippen molar-refractivity contribution in [2.45, 2.75) is 22.4 Å². The number of carboxylic acid groups (broad SMARTS) is 1. The minimum atomic E-state index is -4.72. The lowest BCUT2D eigenvalue weighted by Crippen LogP contribution is -2.81. The van der Waals surface area contributed by atoms with E-state index < -0.39 is 57.4 Å². The molecule has 2 N–H and O–H groups in total. The maximum atomic E-state index is 12.9. The number of aryl methyl sites for hydroxylation is 1. The van der Waals surface area contributed by atoms with Crippen molar-refractivity contribution in [2.75, 3.05) is 30.1 Å². The molecule has 12 nitrogen and oxygen atoms in total. The number of β-lactam (4-membered cyclic amide) rings is 1. The van der Waals surface area contributed by atoms with E-state index >= 15 is 0 Å². The Bertz CT molecular complexity index is 1030. The Morgan fingerprint density at radius 3 is 2.70 bits per heavy atom. The van der Waals surface area contributed by atoms with Crippen LogP contribution in [0.25, 0.3) is 0 Å². The summed E-state index contributed by atoms with van der Waals surface area (Å²) in [5.41, 5.74) is -1.86. The zero-order valence-corrected chi connectivity index (χ0v) is 19.4. The monoisotopic (exact) mass is 530 g/mol. The van der Waals surface area contributed by atoms with Gasteiger partial charge in [-0.3, -0.25) is 18.7 Å². The second-order valence-electron chi connectivity index (χ2n) is 6.80. The molecule has 0 bridgehead atoms. The van der Waals surface area contributed by atoms with Crippen molar-refractivity contribution in [3.63, 3.8) is 0 Å². The van der Waals surface area contributed by atoms with Crippen LogP contribution in [0, 0.1) is 0 Å². The molecule has 33 heavy (non-hydrogen) atoms. The topological polar surface area (TPSA) is 157 Å². The van der Waals surface area contributed by atoms with E-state index in [1.54, 1.807) is 7.05 Å². The molecule has 1 saturated heterocycles. The molecule has 0 spiro atoms. The molecule has 0 aromatic carbocycles. The number of hydrogen-bond acceptors (Lipinski definition) is 10. The standard InChI is InChI=1S/C15H17F3N6O6S3/c1-23-13(20-21-22-23)32-4-7-3-31-12-15(30-2,11(28)24(12)9(7)10(26)27)19-8(25)5-33(29)6-14(16,17)18/h12H,3-6H2,1-2H3,(H,19,25)(H,26,27)/t12-,15+,33?/m1/s1. The Morgan fingerprint density at radius 2 is 2.15 bits per heavy atom. The van der Waals surface area contributed by atoms with Crippen molar-refractivity contribution in [3.05, 3.63) is 11.3 Å². The van der Waals surface area contributed by atoms with Gasteiger partial charge in [-0.05, 0) is 16.0 Å². The van der Waals surface area contributed by atoms with Crippen molar-refractivity contribution >= 4 is 52.1 Å². The SMILES string of the molecule is CO[C@@]1(NC(=O)CS(=O)CC(F)(F)F)C(=O)N2C(C(=O)O)=C(CSc3nnnn3C)CS[C@@H]21. The molecular weight excluding hydrogens is 513 g/mol. The fraction of sp³-hybridized carbons (Fsp3) is 0.600. The number of alkyl halides is 3. The van der Waals surface area contributed by atoms with Crippen LogP contribution in [0.1, 0.15) is 0 Å². The van der Waals surface area contributed by atoms with Gasteiger partial charge in [-0.2, -0.15) is 13.2 Å². The molecule has 2 amide bonds. The summed E-state index contributed by atoms with van der Waals surface area (Å²) in [6, 6.07) is 0. The predicted molar refractivity (Wildman–Crippen MR) is 109 cm³/mol. The molecule has 1 unspecified atom stereocenters. The largest absolute Gasteiger partial charge is 0.477 e. The van der Waals surface area contributed by atoms with Crippen LogP contribution < -0.4 is 5.32 Å². The van der Waals surface area contributed by atoms with Crippen LogP contribution in [0.2, 0.25) is 0 Å². The highest BCUT2D eigenvalue weighted by Crippen LogP contribution is 2.47. The van der Waals surface area contributed by atoms with E-state index in [9.17, 15) is 36.9 Å². The van der Waals surface area contributed by atoms with E-state index in [2.05, 4.69) is 20.8 Å². The number of carbonyl (C=O) groups is 3. The maximum Gasteiger partial charge on any atom is 0.400 e. The molecule has 1 aromatic heterocycles. The molecule has 0 saturated carbocycles. The summed E-state index contributed by atoms with van der Waals surface area (Å²) in [6.07, 6.45) is -4.72. The molecule has 0 aliphatic carbocycles. The van der Waals surface area contributed by atoms with Crippen LogP contribution >= 0.6 is 23.5 Å². The minimum absolute atomic E-state index is 0.162. The Balaban J connectivity index is 1.75. The molecule has 2 aliphatic heterocycles.